The van der Waals surface area contributed by atoms with Gasteiger partial charge < -0.3 is 15.2 Å². The first kappa shape index (κ1) is 14.1. The molecule has 0 aliphatic carbocycles. The van der Waals surface area contributed by atoms with E-state index in [1.807, 2.05) is 6.92 Å². The highest BCUT2D eigenvalue weighted by Crippen LogP contribution is 2.23. The van der Waals surface area contributed by atoms with Crippen molar-refractivity contribution < 1.29 is 14.6 Å². The number of nitrogens with one attached hydrogen (secondary N) is 1. The van der Waals surface area contributed by atoms with Crippen molar-refractivity contribution in [1.82, 2.24) is 4.98 Å². The van der Waals surface area contributed by atoms with Crippen molar-refractivity contribution in [3.05, 3.63) is 47.1 Å². The van der Waals surface area contributed by atoms with Crippen LogP contribution < -0.4 is 10.1 Å². The maximum absolute atomic E-state index is 11.1. The van der Waals surface area contributed by atoms with Crippen molar-refractivity contribution in [3.63, 3.8) is 0 Å². The molecule has 1 heterocycles. The highest BCUT2D eigenvalue weighted by Gasteiger charge is 2.12. The van der Waals surface area contributed by atoms with Gasteiger partial charge in [0.05, 0.1) is 6.61 Å². The molecule has 2 N–H and O–H groups in total. The first-order chi connectivity index (χ1) is 9.60. The van der Waals surface area contributed by atoms with Gasteiger partial charge in [0.2, 0.25) is 0 Å². The van der Waals surface area contributed by atoms with Crippen LogP contribution in [0.25, 0.3) is 0 Å². The van der Waals surface area contributed by atoms with Gasteiger partial charge in [0.15, 0.2) is 0 Å². The van der Waals surface area contributed by atoms with Crippen LogP contribution in [0.15, 0.2) is 36.4 Å². The number of carboxylic acid groups (broad SMARTS) is 1. The Morgan fingerprint density at radius 3 is 2.60 bits per heavy atom. The number of aromatic carboxylic acids is 1. The summed E-state index contributed by atoms with van der Waals surface area (Å²) in [5.41, 5.74) is 0.758. The van der Waals surface area contributed by atoms with Crippen LogP contribution in [0.2, 0.25) is 5.15 Å². The average Bonchev–Trinajstić information content (AvgIpc) is 2.41. The summed E-state index contributed by atoms with van der Waals surface area (Å²) in [5, 5.41) is 12.3. The minimum atomic E-state index is -1.07. The lowest BCUT2D eigenvalue weighted by molar-refractivity contribution is 0.0697. The number of hydrogen-bond acceptors (Lipinski definition) is 4. The van der Waals surface area contributed by atoms with Crippen molar-refractivity contribution >= 4 is 29.1 Å². The summed E-state index contributed by atoms with van der Waals surface area (Å²) in [6.07, 6.45) is 0. The number of aromatic nitrogens is 1. The highest BCUT2D eigenvalue weighted by atomic mass is 35.5. The molecule has 2 rings (SSSR count). The number of ether oxygens (including phenoxy) is 1. The Labute approximate surface area is 121 Å². The minimum Gasteiger partial charge on any atom is -0.494 e. The monoisotopic (exact) mass is 292 g/mol. The van der Waals surface area contributed by atoms with Crippen LogP contribution in [-0.4, -0.2) is 22.7 Å². The number of carbonyl (C=O) groups is 1. The zero-order valence-electron chi connectivity index (χ0n) is 10.8. The van der Waals surface area contributed by atoms with E-state index in [1.54, 1.807) is 24.3 Å². The maximum atomic E-state index is 11.1. The third-order valence-corrected chi connectivity index (χ3v) is 2.73. The van der Waals surface area contributed by atoms with Gasteiger partial charge in [-0.1, -0.05) is 11.6 Å². The second-order valence-corrected chi connectivity index (χ2v) is 4.30. The fraction of sp³-hybridized carbons (Fsp3) is 0.143. The fourth-order valence-corrected chi connectivity index (χ4v) is 1.79. The molecule has 0 aliphatic rings. The molecule has 6 heteroatoms. The normalized spacial score (nSPS) is 10.1. The number of rotatable bonds is 5. The number of anilines is 2. The zero-order valence-corrected chi connectivity index (χ0v) is 11.5. The van der Waals surface area contributed by atoms with E-state index in [0.717, 1.165) is 5.75 Å². The van der Waals surface area contributed by atoms with E-state index in [2.05, 4.69) is 10.3 Å². The minimum absolute atomic E-state index is 0.0586. The number of hydrogen-bond donors (Lipinski definition) is 2. The average molecular weight is 293 g/mol. The Morgan fingerprint density at radius 1 is 1.30 bits per heavy atom. The number of nitrogens with zero attached hydrogens (tertiary/aromatic N) is 1. The van der Waals surface area contributed by atoms with Gasteiger partial charge >= 0.3 is 5.97 Å². The van der Waals surface area contributed by atoms with E-state index < -0.39 is 5.97 Å². The summed E-state index contributed by atoms with van der Waals surface area (Å²) in [7, 11) is 0. The van der Waals surface area contributed by atoms with Gasteiger partial charge in [-0.05, 0) is 43.3 Å². The standard InChI is InChI=1S/C14H13ClN2O3/c1-2-20-10-5-3-9(4-6-10)16-13-11(14(18)19)7-8-12(15)17-13/h3-8H,2H2,1H3,(H,16,17)(H,18,19). The topological polar surface area (TPSA) is 71.5 Å². The van der Waals surface area contributed by atoms with E-state index >= 15 is 0 Å². The van der Waals surface area contributed by atoms with Crippen LogP contribution in [0, 0.1) is 0 Å². The lowest BCUT2D eigenvalue weighted by atomic mass is 10.2. The van der Waals surface area contributed by atoms with Crippen LogP contribution in [0.3, 0.4) is 0 Å². The van der Waals surface area contributed by atoms with Gasteiger partial charge in [0, 0.05) is 5.69 Å². The molecule has 0 saturated heterocycles. The maximum Gasteiger partial charge on any atom is 0.339 e. The Morgan fingerprint density at radius 2 is 2.00 bits per heavy atom. The summed E-state index contributed by atoms with van der Waals surface area (Å²) >= 11 is 5.79. The smallest absolute Gasteiger partial charge is 0.339 e. The molecule has 1 aromatic carbocycles. The summed E-state index contributed by atoms with van der Waals surface area (Å²) in [6.45, 7) is 2.49. The third kappa shape index (κ3) is 3.39. The summed E-state index contributed by atoms with van der Waals surface area (Å²) in [4.78, 5) is 15.1. The van der Waals surface area contributed by atoms with Crippen LogP contribution in [-0.2, 0) is 0 Å². The van der Waals surface area contributed by atoms with Crippen molar-refractivity contribution in [2.24, 2.45) is 0 Å². The lowest BCUT2D eigenvalue weighted by Gasteiger charge is -2.10. The molecular weight excluding hydrogens is 280 g/mol. The molecule has 1 aromatic heterocycles. The molecule has 0 spiro atoms. The highest BCUT2D eigenvalue weighted by molar-refractivity contribution is 6.29. The van der Waals surface area contributed by atoms with Crippen molar-refractivity contribution in [2.45, 2.75) is 6.92 Å². The molecule has 0 bridgehead atoms. The van der Waals surface area contributed by atoms with Crippen molar-refractivity contribution in [1.29, 1.82) is 0 Å². The largest absolute Gasteiger partial charge is 0.494 e. The van der Waals surface area contributed by atoms with E-state index in [1.165, 1.54) is 12.1 Å². The number of carboxylic acids is 1. The second kappa shape index (κ2) is 6.25. The zero-order chi connectivity index (χ0) is 14.5. The lowest BCUT2D eigenvalue weighted by Crippen LogP contribution is -2.05. The van der Waals surface area contributed by atoms with E-state index in [-0.39, 0.29) is 16.5 Å². The van der Waals surface area contributed by atoms with Crippen molar-refractivity contribution in [3.8, 4) is 5.75 Å². The van der Waals surface area contributed by atoms with Gasteiger partial charge in [0.25, 0.3) is 0 Å². The molecule has 2 aromatic rings. The Hall–Kier alpha value is -2.27. The molecule has 5 nitrogen and oxygen atoms in total. The second-order valence-electron chi connectivity index (χ2n) is 3.92. The van der Waals surface area contributed by atoms with Crippen LogP contribution in [0.4, 0.5) is 11.5 Å². The summed E-state index contributed by atoms with van der Waals surface area (Å²) < 4.78 is 5.33. The van der Waals surface area contributed by atoms with E-state index in [0.29, 0.717) is 12.3 Å². The third-order valence-electron chi connectivity index (χ3n) is 2.52. The van der Waals surface area contributed by atoms with Gasteiger partial charge in [-0.2, -0.15) is 0 Å². The molecule has 0 unspecified atom stereocenters. The number of pyridine rings is 1. The Balaban J connectivity index is 2.25. The van der Waals surface area contributed by atoms with E-state index in [9.17, 15) is 4.79 Å². The number of benzene rings is 1. The van der Waals surface area contributed by atoms with Crippen LogP contribution in [0.1, 0.15) is 17.3 Å². The number of halogens is 1. The van der Waals surface area contributed by atoms with Gasteiger partial charge in [-0.15, -0.1) is 0 Å². The van der Waals surface area contributed by atoms with E-state index in [4.69, 9.17) is 21.4 Å². The summed E-state index contributed by atoms with van der Waals surface area (Å²) in [5.74, 6) is -0.118. The molecule has 0 amide bonds. The Kier molecular flexibility index (Phi) is 4.42. The molecule has 0 atom stereocenters. The molecule has 0 fully saturated rings. The van der Waals surface area contributed by atoms with Crippen LogP contribution >= 0.6 is 11.6 Å². The SMILES string of the molecule is CCOc1ccc(Nc2nc(Cl)ccc2C(=O)O)cc1. The fourth-order valence-electron chi connectivity index (χ4n) is 1.64. The molecular formula is C14H13ClN2O3. The predicted octanol–water partition coefficient (Wildman–Crippen LogP) is 3.58. The van der Waals surface area contributed by atoms with Crippen molar-refractivity contribution in [2.75, 3.05) is 11.9 Å². The quantitative estimate of drug-likeness (QED) is 0.824. The van der Waals surface area contributed by atoms with Gasteiger partial charge in [0.1, 0.15) is 22.3 Å². The molecule has 0 aliphatic heterocycles. The summed E-state index contributed by atoms with van der Waals surface area (Å²) in [6, 6.07) is 9.98. The Bertz CT molecular complexity index is 614. The molecule has 0 saturated carbocycles. The predicted molar refractivity (Wildman–Crippen MR) is 77.1 cm³/mol. The molecule has 0 radical (unpaired) electrons. The molecule has 104 valence electrons. The van der Waals surface area contributed by atoms with Gasteiger partial charge in [-0.3, -0.25) is 0 Å². The van der Waals surface area contributed by atoms with Gasteiger partial charge in [-0.25, -0.2) is 9.78 Å². The van der Waals surface area contributed by atoms with Crippen LogP contribution in [0.5, 0.6) is 5.75 Å². The first-order valence-corrected chi connectivity index (χ1v) is 6.37. The molecule has 20 heavy (non-hydrogen) atoms. The first-order valence-electron chi connectivity index (χ1n) is 6.00.